The fourth-order valence-corrected chi connectivity index (χ4v) is 3.39. The molecule has 2 amide bonds. The summed E-state index contributed by atoms with van der Waals surface area (Å²) in [6, 6.07) is 7.73. The van der Waals surface area contributed by atoms with Crippen LogP contribution in [0.3, 0.4) is 0 Å². The lowest BCUT2D eigenvalue weighted by molar-refractivity contribution is -0.131. The third-order valence-corrected chi connectivity index (χ3v) is 4.99. The van der Waals surface area contributed by atoms with E-state index in [1.165, 1.54) is 12.1 Å². The Kier molecular flexibility index (Phi) is 6.61. The fraction of sp³-hybridized carbons (Fsp3) is 0.429. The van der Waals surface area contributed by atoms with E-state index in [9.17, 15) is 14.0 Å². The van der Waals surface area contributed by atoms with Crippen molar-refractivity contribution >= 4 is 23.3 Å². The maximum absolute atomic E-state index is 13.2. The Morgan fingerprint density at radius 3 is 2.57 bits per heavy atom. The molecular formula is C21H27FN6O2. The standard InChI is InChI=1S/C21H27FN6O2/c1-23-18-10-17(24-19(25-18)12-27(4)21(30)13-26(2)3)14-9-20(29)28(11-14)16-7-5-15(22)6-8-16/h5-8,10,14H,9,11-13H2,1-4H3,(H,23,24,25)/t14-/m1/s1. The smallest absolute Gasteiger partial charge is 0.236 e. The zero-order valence-electron chi connectivity index (χ0n) is 17.7. The molecule has 1 aliphatic rings. The highest BCUT2D eigenvalue weighted by atomic mass is 19.1. The maximum atomic E-state index is 13.2. The van der Waals surface area contributed by atoms with Gasteiger partial charge in [-0.15, -0.1) is 0 Å². The second-order valence-corrected chi connectivity index (χ2v) is 7.71. The number of halogens is 1. The lowest BCUT2D eigenvalue weighted by Gasteiger charge is -2.20. The monoisotopic (exact) mass is 414 g/mol. The third kappa shape index (κ3) is 5.10. The lowest BCUT2D eigenvalue weighted by atomic mass is 10.0. The van der Waals surface area contributed by atoms with Crippen LogP contribution in [0.5, 0.6) is 0 Å². The summed E-state index contributed by atoms with van der Waals surface area (Å²) in [5.74, 6) is 0.637. The number of aromatic nitrogens is 2. The normalized spacial score (nSPS) is 16.3. The van der Waals surface area contributed by atoms with Gasteiger partial charge in [0.25, 0.3) is 0 Å². The molecule has 0 unspecified atom stereocenters. The Bertz CT molecular complexity index is 918. The summed E-state index contributed by atoms with van der Waals surface area (Å²) in [7, 11) is 7.16. The molecular weight excluding hydrogens is 387 g/mol. The topological polar surface area (TPSA) is 81.7 Å². The minimum absolute atomic E-state index is 0.0291. The summed E-state index contributed by atoms with van der Waals surface area (Å²) in [4.78, 5) is 39.0. The number of anilines is 2. The highest BCUT2D eigenvalue weighted by molar-refractivity contribution is 5.96. The first kappa shape index (κ1) is 21.6. The molecule has 1 saturated heterocycles. The molecule has 1 aromatic carbocycles. The molecule has 160 valence electrons. The van der Waals surface area contributed by atoms with E-state index in [1.54, 1.807) is 36.0 Å². The molecule has 9 heteroatoms. The van der Waals surface area contributed by atoms with Crippen molar-refractivity contribution < 1.29 is 14.0 Å². The zero-order valence-corrected chi connectivity index (χ0v) is 17.7. The van der Waals surface area contributed by atoms with Gasteiger partial charge in [0.05, 0.1) is 18.8 Å². The van der Waals surface area contributed by atoms with E-state index in [2.05, 4.69) is 15.3 Å². The van der Waals surface area contributed by atoms with E-state index in [-0.39, 0.29) is 30.1 Å². The van der Waals surface area contributed by atoms with Crippen molar-refractivity contribution in [1.29, 1.82) is 0 Å². The van der Waals surface area contributed by atoms with Crippen molar-refractivity contribution in [2.75, 3.05) is 51.5 Å². The van der Waals surface area contributed by atoms with E-state index in [0.717, 1.165) is 5.69 Å². The van der Waals surface area contributed by atoms with Crippen LogP contribution in [0.4, 0.5) is 15.9 Å². The van der Waals surface area contributed by atoms with E-state index in [0.29, 0.717) is 36.8 Å². The molecule has 1 atom stereocenters. The Morgan fingerprint density at radius 1 is 1.23 bits per heavy atom. The number of nitrogens with zero attached hydrogens (tertiary/aromatic N) is 5. The highest BCUT2D eigenvalue weighted by Crippen LogP contribution is 2.31. The minimum atomic E-state index is -0.339. The van der Waals surface area contributed by atoms with Gasteiger partial charge in [0.2, 0.25) is 11.8 Å². The Hall–Kier alpha value is -3.07. The third-order valence-electron chi connectivity index (χ3n) is 4.99. The number of rotatable bonds is 7. The lowest BCUT2D eigenvalue weighted by Crippen LogP contribution is -2.35. The average molecular weight is 414 g/mol. The van der Waals surface area contributed by atoms with Gasteiger partial charge < -0.3 is 20.0 Å². The van der Waals surface area contributed by atoms with E-state index in [1.807, 2.05) is 25.1 Å². The summed E-state index contributed by atoms with van der Waals surface area (Å²) in [5, 5.41) is 3.02. The predicted octanol–water partition coefficient (Wildman–Crippen LogP) is 1.70. The number of benzene rings is 1. The number of carbonyl (C=O) groups excluding carboxylic acids is 2. The fourth-order valence-electron chi connectivity index (χ4n) is 3.39. The number of likely N-dealkylation sites (N-methyl/N-ethyl adjacent to an activating group) is 2. The second kappa shape index (κ2) is 9.17. The molecule has 1 N–H and O–H groups in total. The van der Waals surface area contributed by atoms with Crippen molar-refractivity contribution in [3.05, 3.63) is 47.7 Å². The summed E-state index contributed by atoms with van der Waals surface area (Å²) in [6.07, 6.45) is 0.312. The van der Waals surface area contributed by atoms with E-state index < -0.39 is 0 Å². The number of nitrogens with one attached hydrogen (secondary N) is 1. The Balaban J connectivity index is 1.79. The Morgan fingerprint density at radius 2 is 1.93 bits per heavy atom. The summed E-state index contributed by atoms with van der Waals surface area (Å²) < 4.78 is 13.2. The molecule has 1 fully saturated rings. The molecule has 0 bridgehead atoms. The van der Waals surface area contributed by atoms with Crippen LogP contribution in [-0.4, -0.2) is 72.9 Å². The van der Waals surface area contributed by atoms with Gasteiger partial charge in [0.15, 0.2) is 0 Å². The van der Waals surface area contributed by atoms with Gasteiger partial charge in [-0.1, -0.05) is 0 Å². The molecule has 0 radical (unpaired) electrons. The van der Waals surface area contributed by atoms with Crippen LogP contribution in [-0.2, 0) is 16.1 Å². The molecule has 1 aromatic heterocycles. The predicted molar refractivity (Wildman–Crippen MR) is 113 cm³/mol. The number of carbonyl (C=O) groups is 2. The van der Waals surface area contributed by atoms with Crippen LogP contribution in [0.1, 0.15) is 23.9 Å². The van der Waals surface area contributed by atoms with Crippen molar-refractivity contribution in [3.63, 3.8) is 0 Å². The van der Waals surface area contributed by atoms with Crippen LogP contribution in [0, 0.1) is 5.82 Å². The quantitative estimate of drug-likeness (QED) is 0.743. The molecule has 0 spiro atoms. The van der Waals surface area contributed by atoms with Crippen LogP contribution in [0.2, 0.25) is 0 Å². The van der Waals surface area contributed by atoms with Gasteiger partial charge in [-0.25, -0.2) is 14.4 Å². The maximum Gasteiger partial charge on any atom is 0.236 e. The first-order chi connectivity index (χ1) is 14.3. The van der Waals surface area contributed by atoms with Crippen molar-refractivity contribution in [2.45, 2.75) is 18.9 Å². The van der Waals surface area contributed by atoms with Crippen LogP contribution < -0.4 is 10.2 Å². The second-order valence-electron chi connectivity index (χ2n) is 7.71. The molecule has 8 nitrogen and oxygen atoms in total. The summed E-state index contributed by atoms with van der Waals surface area (Å²) in [6.45, 7) is 1.04. The van der Waals surface area contributed by atoms with Crippen molar-refractivity contribution in [1.82, 2.24) is 19.8 Å². The first-order valence-corrected chi connectivity index (χ1v) is 9.77. The molecule has 30 heavy (non-hydrogen) atoms. The first-order valence-electron chi connectivity index (χ1n) is 9.77. The molecule has 0 aliphatic carbocycles. The summed E-state index contributed by atoms with van der Waals surface area (Å²) >= 11 is 0. The number of hydrogen-bond donors (Lipinski definition) is 1. The van der Waals surface area contributed by atoms with Gasteiger partial charge >= 0.3 is 0 Å². The van der Waals surface area contributed by atoms with Crippen LogP contribution >= 0.6 is 0 Å². The van der Waals surface area contributed by atoms with Crippen LogP contribution in [0.15, 0.2) is 30.3 Å². The minimum Gasteiger partial charge on any atom is -0.373 e. The molecule has 1 aliphatic heterocycles. The SMILES string of the molecule is CNc1cc([C@@H]2CC(=O)N(c3ccc(F)cc3)C2)nc(CN(C)C(=O)CN(C)C)n1. The van der Waals surface area contributed by atoms with Crippen LogP contribution in [0.25, 0.3) is 0 Å². The molecule has 3 rings (SSSR count). The Labute approximate surface area is 175 Å². The zero-order chi connectivity index (χ0) is 21.8. The molecule has 2 heterocycles. The highest BCUT2D eigenvalue weighted by Gasteiger charge is 2.33. The van der Waals surface area contributed by atoms with Gasteiger partial charge in [0, 0.05) is 44.7 Å². The largest absolute Gasteiger partial charge is 0.373 e. The number of hydrogen-bond acceptors (Lipinski definition) is 6. The van der Waals surface area contributed by atoms with E-state index >= 15 is 0 Å². The van der Waals surface area contributed by atoms with Gasteiger partial charge in [-0.3, -0.25) is 9.59 Å². The average Bonchev–Trinajstić information content (AvgIpc) is 3.09. The van der Waals surface area contributed by atoms with Crippen molar-refractivity contribution in [2.24, 2.45) is 0 Å². The number of amides is 2. The molecule has 0 saturated carbocycles. The van der Waals surface area contributed by atoms with Crippen molar-refractivity contribution in [3.8, 4) is 0 Å². The molecule has 2 aromatic rings. The van der Waals surface area contributed by atoms with Gasteiger partial charge in [-0.2, -0.15) is 0 Å². The summed E-state index contributed by atoms with van der Waals surface area (Å²) in [5.41, 5.74) is 1.41. The van der Waals surface area contributed by atoms with Gasteiger partial charge in [-0.05, 0) is 38.4 Å². The van der Waals surface area contributed by atoms with E-state index in [4.69, 9.17) is 0 Å². The van der Waals surface area contributed by atoms with Gasteiger partial charge in [0.1, 0.15) is 17.5 Å².